The molecule has 1 saturated heterocycles. The van der Waals surface area contributed by atoms with Crippen LogP contribution in [-0.4, -0.2) is 52.6 Å². The lowest BCUT2D eigenvalue weighted by Crippen LogP contribution is -2.54. The van der Waals surface area contributed by atoms with Gasteiger partial charge >= 0.3 is 0 Å². The van der Waals surface area contributed by atoms with Crippen LogP contribution in [0.1, 0.15) is 59.7 Å². The van der Waals surface area contributed by atoms with Gasteiger partial charge in [-0.3, -0.25) is 34.2 Å². The molecule has 0 aromatic heterocycles. The SMILES string of the molecule is CC1(NCCC(=O)Nc2ccc3c(c2)C(=O)N(C2CCC(=O)NC2=O)C3=O)CC1. The number of carbonyl (C=O) groups excluding carboxylic acids is 5. The van der Waals surface area contributed by atoms with Crippen molar-refractivity contribution in [3.05, 3.63) is 29.3 Å². The first-order valence-corrected chi connectivity index (χ1v) is 9.68. The van der Waals surface area contributed by atoms with Crippen molar-refractivity contribution in [2.45, 2.75) is 50.6 Å². The van der Waals surface area contributed by atoms with Crippen molar-refractivity contribution in [1.29, 1.82) is 0 Å². The Morgan fingerprint density at radius 2 is 1.90 bits per heavy atom. The zero-order chi connectivity index (χ0) is 20.8. The molecule has 1 unspecified atom stereocenters. The van der Waals surface area contributed by atoms with E-state index in [1.807, 2.05) is 0 Å². The lowest BCUT2D eigenvalue weighted by Gasteiger charge is -2.27. The average Bonchev–Trinajstić information content (AvgIpc) is 3.34. The van der Waals surface area contributed by atoms with Crippen molar-refractivity contribution in [2.75, 3.05) is 11.9 Å². The van der Waals surface area contributed by atoms with Gasteiger partial charge in [0.15, 0.2) is 0 Å². The fourth-order valence-corrected chi connectivity index (χ4v) is 3.61. The van der Waals surface area contributed by atoms with E-state index in [-0.39, 0.29) is 35.4 Å². The highest BCUT2D eigenvalue weighted by molar-refractivity contribution is 6.23. The standard InChI is InChI=1S/C20H22N4O5/c1-20(7-8-20)21-9-6-16(26)22-11-2-3-12-13(10-11)19(29)24(18(12)28)14-4-5-15(25)23-17(14)27/h2-3,10,14,21H,4-9H2,1H3,(H,22,26)(H,23,25,27). The fourth-order valence-electron chi connectivity index (χ4n) is 3.61. The third-order valence-electron chi connectivity index (χ3n) is 5.63. The van der Waals surface area contributed by atoms with E-state index >= 15 is 0 Å². The first-order chi connectivity index (χ1) is 13.8. The van der Waals surface area contributed by atoms with Gasteiger partial charge in [-0.05, 0) is 44.4 Å². The number of carbonyl (C=O) groups is 5. The maximum Gasteiger partial charge on any atom is 0.262 e. The third kappa shape index (κ3) is 3.77. The summed E-state index contributed by atoms with van der Waals surface area (Å²) in [5, 5.41) is 8.22. The Bertz CT molecular complexity index is 937. The zero-order valence-electron chi connectivity index (χ0n) is 16.0. The number of nitrogens with one attached hydrogen (secondary N) is 3. The molecule has 1 atom stereocenters. The molecule has 1 saturated carbocycles. The summed E-state index contributed by atoms with van der Waals surface area (Å²) in [6, 6.07) is 3.48. The fraction of sp³-hybridized carbons (Fsp3) is 0.450. The Hall–Kier alpha value is -3.07. The van der Waals surface area contributed by atoms with Crippen LogP contribution in [0.25, 0.3) is 0 Å². The van der Waals surface area contributed by atoms with E-state index in [4.69, 9.17) is 0 Å². The van der Waals surface area contributed by atoms with Crippen LogP contribution in [0.5, 0.6) is 0 Å². The van der Waals surface area contributed by atoms with Gasteiger partial charge in [-0.25, -0.2) is 0 Å². The summed E-state index contributed by atoms with van der Waals surface area (Å²) in [4.78, 5) is 61.9. The molecular weight excluding hydrogens is 376 g/mol. The summed E-state index contributed by atoms with van der Waals surface area (Å²) in [5.74, 6) is -2.43. The number of piperidine rings is 1. The topological polar surface area (TPSA) is 125 Å². The van der Waals surface area contributed by atoms with Crippen molar-refractivity contribution in [1.82, 2.24) is 15.5 Å². The predicted octanol–water partition coefficient (Wildman–Crippen LogP) is 0.558. The first kappa shape index (κ1) is 19.3. The molecule has 3 aliphatic rings. The van der Waals surface area contributed by atoms with E-state index in [0.29, 0.717) is 18.7 Å². The van der Waals surface area contributed by atoms with Crippen LogP contribution in [0.2, 0.25) is 0 Å². The van der Waals surface area contributed by atoms with Gasteiger partial charge in [0.25, 0.3) is 11.8 Å². The smallest absolute Gasteiger partial charge is 0.262 e. The molecule has 2 fully saturated rings. The number of benzene rings is 1. The third-order valence-corrected chi connectivity index (χ3v) is 5.63. The lowest BCUT2D eigenvalue weighted by molar-refractivity contribution is -0.136. The first-order valence-electron chi connectivity index (χ1n) is 9.68. The molecule has 0 spiro atoms. The molecule has 2 aliphatic heterocycles. The number of hydrogen-bond acceptors (Lipinski definition) is 6. The highest BCUT2D eigenvalue weighted by Gasteiger charge is 2.44. The molecule has 29 heavy (non-hydrogen) atoms. The minimum Gasteiger partial charge on any atom is -0.326 e. The monoisotopic (exact) mass is 398 g/mol. The second-order valence-electron chi connectivity index (χ2n) is 7.99. The van der Waals surface area contributed by atoms with Gasteiger partial charge in [0.1, 0.15) is 6.04 Å². The van der Waals surface area contributed by atoms with Gasteiger partial charge < -0.3 is 10.6 Å². The number of fused-ring (bicyclic) bond motifs is 1. The number of anilines is 1. The van der Waals surface area contributed by atoms with Crippen LogP contribution in [0.3, 0.4) is 0 Å². The minimum absolute atomic E-state index is 0.0677. The molecular formula is C20H22N4O5. The Morgan fingerprint density at radius 3 is 2.59 bits per heavy atom. The summed E-state index contributed by atoms with van der Waals surface area (Å²) in [6.45, 7) is 2.68. The number of rotatable bonds is 6. The molecule has 0 radical (unpaired) electrons. The van der Waals surface area contributed by atoms with Crippen LogP contribution in [0.4, 0.5) is 5.69 Å². The molecule has 2 heterocycles. The van der Waals surface area contributed by atoms with E-state index in [0.717, 1.165) is 17.7 Å². The Labute approximate surface area is 167 Å². The molecule has 152 valence electrons. The number of imide groups is 2. The average molecular weight is 398 g/mol. The largest absolute Gasteiger partial charge is 0.326 e. The van der Waals surface area contributed by atoms with E-state index in [9.17, 15) is 24.0 Å². The van der Waals surface area contributed by atoms with Crippen molar-refractivity contribution >= 4 is 35.2 Å². The van der Waals surface area contributed by atoms with Gasteiger partial charge in [0.05, 0.1) is 11.1 Å². The van der Waals surface area contributed by atoms with E-state index in [1.165, 1.54) is 12.1 Å². The Morgan fingerprint density at radius 1 is 1.17 bits per heavy atom. The van der Waals surface area contributed by atoms with Crippen molar-refractivity contribution in [3.8, 4) is 0 Å². The van der Waals surface area contributed by atoms with Crippen molar-refractivity contribution < 1.29 is 24.0 Å². The van der Waals surface area contributed by atoms with Gasteiger partial charge in [-0.2, -0.15) is 0 Å². The molecule has 0 bridgehead atoms. The molecule has 1 aromatic rings. The van der Waals surface area contributed by atoms with Crippen LogP contribution in [-0.2, 0) is 14.4 Å². The summed E-state index contributed by atoms with van der Waals surface area (Å²) in [5.41, 5.74) is 0.889. The van der Waals surface area contributed by atoms with Gasteiger partial charge in [0, 0.05) is 30.6 Å². The van der Waals surface area contributed by atoms with Crippen molar-refractivity contribution in [2.24, 2.45) is 0 Å². The predicted molar refractivity (Wildman–Crippen MR) is 102 cm³/mol. The van der Waals surface area contributed by atoms with E-state index in [1.54, 1.807) is 6.07 Å². The normalized spacial score (nSPS) is 22.4. The van der Waals surface area contributed by atoms with Crippen LogP contribution < -0.4 is 16.0 Å². The number of hydrogen-bond donors (Lipinski definition) is 3. The second-order valence-corrected chi connectivity index (χ2v) is 7.99. The van der Waals surface area contributed by atoms with Crippen molar-refractivity contribution in [3.63, 3.8) is 0 Å². The number of amides is 5. The summed E-state index contributed by atoms with van der Waals surface area (Å²) in [6.07, 6.45) is 2.68. The maximum atomic E-state index is 12.8. The zero-order valence-corrected chi connectivity index (χ0v) is 16.0. The number of nitrogens with zero attached hydrogens (tertiary/aromatic N) is 1. The Kier molecular flexibility index (Phi) is 4.70. The quantitative estimate of drug-likeness (QED) is 0.602. The molecule has 9 heteroatoms. The highest BCUT2D eigenvalue weighted by Crippen LogP contribution is 2.34. The lowest BCUT2D eigenvalue weighted by atomic mass is 10.0. The minimum atomic E-state index is -1.01. The summed E-state index contributed by atoms with van der Waals surface area (Å²) in [7, 11) is 0. The Balaban J connectivity index is 1.43. The molecule has 3 N–H and O–H groups in total. The van der Waals surface area contributed by atoms with E-state index < -0.39 is 29.7 Å². The van der Waals surface area contributed by atoms with Gasteiger partial charge in [0.2, 0.25) is 17.7 Å². The second kappa shape index (κ2) is 7.07. The summed E-state index contributed by atoms with van der Waals surface area (Å²) < 4.78 is 0. The molecule has 1 aromatic carbocycles. The molecule has 9 nitrogen and oxygen atoms in total. The maximum absolute atomic E-state index is 12.8. The van der Waals surface area contributed by atoms with Crippen LogP contribution in [0, 0.1) is 0 Å². The molecule has 1 aliphatic carbocycles. The molecule has 5 amide bonds. The van der Waals surface area contributed by atoms with Gasteiger partial charge in [-0.15, -0.1) is 0 Å². The summed E-state index contributed by atoms with van der Waals surface area (Å²) >= 11 is 0. The van der Waals surface area contributed by atoms with Crippen LogP contribution in [0.15, 0.2) is 18.2 Å². The van der Waals surface area contributed by atoms with Gasteiger partial charge in [-0.1, -0.05) is 0 Å². The van der Waals surface area contributed by atoms with E-state index in [2.05, 4.69) is 22.9 Å². The van der Waals surface area contributed by atoms with Crippen LogP contribution >= 0.6 is 0 Å². The highest BCUT2D eigenvalue weighted by atomic mass is 16.2. The molecule has 4 rings (SSSR count).